The summed E-state index contributed by atoms with van der Waals surface area (Å²) >= 11 is 6.11. The molecule has 1 fully saturated rings. The minimum Gasteiger partial charge on any atom is -0.497 e. The van der Waals surface area contributed by atoms with Crippen LogP contribution in [0.4, 0.5) is 11.4 Å². The van der Waals surface area contributed by atoms with Crippen molar-refractivity contribution in [3.63, 3.8) is 0 Å². The smallest absolute Gasteiger partial charge is 0.243 e. The Balaban J connectivity index is 1.65. The number of nitrogens with one attached hydrogen (secondary N) is 2. The van der Waals surface area contributed by atoms with Gasteiger partial charge in [0, 0.05) is 24.8 Å². The first-order valence-corrected chi connectivity index (χ1v) is 10.8. The lowest BCUT2D eigenvalue weighted by Crippen LogP contribution is -2.40. The molecular formula is C19H22ClN3O5S. The zero-order valence-corrected chi connectivity index (χ0v) is 17.4. The third kappa shape index (κ3) is 5.39. The fraction of sp³-hybridized carbons (Fsp3) is 0.316. The number of benzene rings is 2. The molecule has 156 valence electrons. The molecule has 1 aliphatic rings. The van der Waals surface area contributed by atoms with Crippen LogP contribution in [-0.4, -0.2) is 58.6 Å². The molecule has 1 amide bonds. The van der Waals surface area contributed by atoms with Crippen LogP contribution in [0.3, 0.4) is 0 Å². The Hall–Kier alpha value is -2.33. The minimum atomic E-state index is -3.63. The molecule has 0 unspecified atom stereocenters. The average Bonchev–Trinajstić information content (AvgIpc) is 2.74. The lowest BCUT2D eigenvalue weighted by Gasteiger charge is -2.26. The van der Waals surface area contributed by atoms with E-state index in [0.717, 1.165) is 0 Å². The topological polar surface area (TPSA) is 97.0 Å². The maximum atomic E-state index is 12.8. The number of hydrogen-bond acceptors (Lipinski definition) is 6. The third-order valence-corrected chi connectivity index (χ3v) is 6.56. The predicted octanol–water partition coefficient (Wildman–Crippen LogP) is 2.42. The van der Waals surface area contributed by atoms with E-state index in [2.05, 4.69) is 10.6 Å². The number of nitrogens with zero attached hydrogens (tertiary/aromatic N) is 1. The number of sulfonamides is 1. The summed E-state index contributed by atoms with van der Waals surface area (Å²) in [5, 5.41) is 6.09. The van der Waals surface area contributed by atoms with E-state index in [0.29, 0.717) is 48.5 Å². The van der Waals surface area contributed by atoms with Crippen molar-refractivity contribution < 1.29 is 22.7 Å². The van der Waals surface area contributed by atoms with Crippen LogP contribution in [0.15, 0.2) is 47.4 Å². The Bertz CT molecular complexity index is 978. The molecule has 0 bridgehead atoms. The quantitative estimate of drug-likeness (QED) is 0.687. The van der Waals surface area contributed by atoms with Gasteiger partial charge >= 0.3 is 0 Å². The van der Waals surface area contributed by atoms with Crippen LogP contribution in [0, 0.1) is 0 Å². The standard InChI is InChI=1S/C19H22ClN3O5S/c1-27-15-5-6-17(20)18(12-15)21-13-19(24)22-14-3-2-4-16(11-14)29(25,26)23-7-9-28-10-8-23/h2-6,11-12,21H,7-10,13H2,1H3,(H,22,24). The normalized spacial score (nSPS) is 15.0. The van der Waals surface area contributed by atoms with Gasteiger partial charge in [0.2, 0.25) is 15.9 Å². The molecule has 3 rings (SSSR count). The molecule has 1 aliphatic heterocycles. The number of anilines is 2. The van der Waals surface area contributed by atoms with Gasteiger partial charge in [0.15, 0.2) is 0 Å². The number of hydrogen-bond donors (Lipinski definition) is 2. The molecule has 0 radical (unpaired) electrons. The average molecular weight is 440 g/mol. The van der Waals surface area contributed by atoms with Gasteiger partial charge in [-0.2, -0.15) is 4.31 Å². The molecule has 8 nitrogen and oxygen atoms in total. The van der Waals surface area contributed by atoms with E-state index >= 15 is 0 Å². The second kappa shape index (κ2) is 9.45. The van der Waals surface area contributed by atoms with Gasteiger partial charge in [-0.3, -0.25) is 4.79 Å². The molecule has 2 N–H and O–H groups in total. The monoisotopic (exact) mass is 439 g/mol. The maximum Gasteiger partial charge on any atom is 0.243 e. The highest BCUT2D eigenvalue weighted by molar-refractivity contribution is 7.89. The number of methoxy groups -OCH3 is 1. The molecule has 0 spiro atoms. The van der Waals surface area contributed by atoms with Gasteiger partial charge in [-0.1, -0.05) is 17.7 Å². The lowest BCUT2D eigenvalue weighted by molar-refractivity contribution is -0.114. The highest BCUT2D eigenvalue weighted by Gasteiger charge is 2.26. The molecule has 10 heteroatoms. The molecule has 0 aromatic heterocycles. The second-order valence-electron chi connectivity index (χ2n) is 6.29. The zero-order chi connectivity index (χ0) is 20.9. The summed E-state index contributed by atoms with van der Waals surface area (Å²) in [7, 11) is -2.09. The van der Waals surface area contributed by atoms with Crippen LogP contribution in [0.25, 0.3) is 0 Å². The van der Waals surface area contributed by atoms with Crippen LogP contribution in [0.5, 0.6) is 5.75 Å². The molecule has 2 aromatic rings. The van der Waals surface area contributed by atoms with E-state index in [9.17, 15) is 13.2 Å². The molecule has 1 heterocycles. The number of amides is 1. The lowest BCUT2D eigenvalue weighted by atomic mass is 10.3. The van der Waals surface area contributed by atoms with E-state index in [1.165, 1.54) is 23.5 Å². The Labute approximate surface area is 174 Å². The number of carbonyl (C=O) groups is 1. The fourth-order valence-corrected chi connectivity index (χ4v) is 4.46. The highest BCUT2D eigenvalue weighted by Crippen LogP contribution is 2.26. The van der Waals surface area contributed by atoms with Crippen molar-refractivity contribution in [3.05, 3.63) is 47.5 Å². The summed E-state index contributed by atoms with van der Waals surface area (Å²) in [6.45, 7) is 1.31. The van der Waals surface area contributed by atoms with E-state index in [-0.39, 0.29) is 17.3 Å². The van der Waals surface area contributed by atoms with Crippen molar-refractivity contribution in [2.75, 3.05) is 50.6 Å². The van der Waals surface area contributed by atoms with E-state index in [4.69, 9.17) is 21.1 Å². The van der Waals surface area contributed by atoms with Crippen molar-refractivity contribution in [1.82, 2.24) is 4.31 Å². The summed E-state index contributed by atoms with van der Waals surface area (Å²) in [5.41, 5.74) is 0.952. The van der Waals surface area contributed by atoms with Crippen molar-refractivity contribution in [1.29, 1.82) is 0 Å². The highest BCUT2D eigenvalue weighted by atomic mass is 35.5. The molecule has 0 aliphatic carbocycles. The van der Waals surface area contributed by atoms with Gasteiger partial charge < -0.3 is 20.1 Å². The number of rotatable bonds is 7. The Morgan fingerprint density at radius 3 is 2.69 bits per heavy atom. The van der Waals surface area contributed by atoms with Crippen molar-refractivity contribution in [2.45, 2.75) is 4.90 Å². The van der Waals surface area contributed by atoms with Crippen molar-refractivity contribution >= 4 is 38.9 Å². The first kappa shape index (κ1) is 21.4. The number of ether oxygens (including phenoxy) is 2. The summed E-state index contributed by atoms with van der Waals surface area (Å²) < 4.78 is 37.2. The summed E-state index contributed by atoms with van der Waals surface area (Å²) in [6, 6.07) is 11.2. The first-order valence-electron chi connectivity index (χ1n) is 8.95. The molecule has 1 saturated heterocycles. The molecular weight excluding hydrogens is 418 g/mol. The number of carbonyl (C=O) groups excluding carboxylic acids is 1. The van der Waals surface area contributed by atoms with Gasteiger partial charge in [0.05, 0.1) is 42.5 Å². The van der Waals surface area contributed by atoms with Gasteiger partial charge in [-0.05, 0) is 30.3 Å². The van der Waals surface area contributed by atoms with Gasteiger partial charge in [0.25, 0.3) is 0 Å². The third-order valence-electron chi connectivity index (χ3n) is 4.34. The summed E-state index contributed by atoms with van der Waals surface area (Å²) in [4.78, 5) is 12.4. The molecule has 0 saturated carbocycles. The van der Waals surface area contributed by atoms with Crippen molar-refractivity contribution in [2.24, 2.45) is 0 Å². The maximum absolute atomic E-state index is 12.8. The van der Waals surface area contributed by atoms with Gasteiger partial charge in [0.1, 0.15) is 5.75 Å². The van der Waals surface area contributed by atoms with Crippen LogP contribution >= 0.6 is 11.6 Å². The number of halogens is 1. The SMILES string of the molecule is COc1ccc(Cl)c(NCC(=O)Nc2cccc(S(=O)(=O)N3CCOCC3)c2)c1. The largest absolute Gasteiger partial charge is 0.497 e. The Morgan fingerprint density at radius 1 is 1.21 bits per heavy atom. The minimum absolute atomic E-state index is 0.0483. The van der Waals surface area contributed by atoms with Gasteiger partial charge in [-0.25, -0.2) is 8.42 Å². The molecule has 29 heavy (non-hydrogen) atoms. The summed E-state index contributed by atoms with van der Waals surface area (Å²) in [6.07, 6.45) is 0. The summed E-state index contributed by atoms with van der Waals surface area (Å²) in [5.74, 6) is 0.267. The predicted molar refractivity (Wildman–Crippen MR) is 111 cm³/mol. The van der Waals surface area contributed by atoms with E-state index in [1.54, 1.807) is 30.3 Å². The van der Waals surface area contributed by atoms with E-state index < -0.39 is 10.0 Å². The second-order valence-corrected chi connectivity index (χ2v) is 8.64. The van der Waals surface area contributed by atoms with Gasteiger partial charge in [-0.15, -0.1) is 0 Å². The fourth-order valence-electron chi connectivity index (χ4n) is 2.82. The molecule has 0 atom stereocenters. The van der Waals surface area contributed by atoms with Crippen LogP contribution in [0.1, 0.15) is 0 Å². The van der Waals surface area contributed by atoms with Crippen LogP contribution in [0.2, 0.25) is 5.02 Å². The van der Waals surface area contributed by atoms with Crippen LogP contribution < -0.4 is 15.4 Å². The van der Waals surface area contributed by atoms with Crippen LogP contribution in [-0.2, 0) is 19.6 Å². The Kier molecular flexibility index (Phi) is 6.96. The molecule has 2 aromatic carbocycles. The number of morpholine rings is 1. The van der Waals surface area contributed by atoms with Crippen molar-refractivity contribution in [3.8, 4) is 5.75 Å². The zero-order valence-electron chi connectivity index (χ0n) is 15.9. The van der Waals surface area contributed by atoms with E-state index in [1.807, 2.05) is 0 Å². The Morgan fingerprint density at radius 2 is 1.97 bits per heavy atom. The first-order chi connectivity index (χ1) is 13.9.